The molecule has 2 atom stereocenters. The number of rotatable bonds is 84. The number of amides is 1. The van der Waals surface area contributed by atoms with Crippen LogP contribution in [0, 0.1) is 0 Å². The molecule has 0 aliphatic rings. The maximum Gasteiger partial charge on any atom is 0.305 e. The zero-order valence-corrected chi connectivity index (χ0v) is 65.8. The van der Waals surface area contributed by atoms with E-state index in [-0.39, 0.29) is 18.5 Å². The summed E-state index contributed by atoms with van der Waals surface area (Å²) in [5, 5.41) is 23.5. The van der Waals surface area contributed by atoms with Gasteiger partial charge in [0.2, 0.25) is 5.91 Å². The van der Waals surface area contributed by atoms with Crippen molar-refractivity contribution in [1.29, 1.82) is 0 Å². The summed E-state index contributed by atoms with van der Waals surface area (Å²) < 4.78 is 5.51. The molecule has 0 aliphatic heterocycles. The fourth-order valence-corrected chi connectivity index (χ4v) is 14.1. The fourth-order valence-electron chi connectivity index (χ4n) is 14.1. The van der Waals surface area contributed by atoms with Gasteiger partial charge in [-0.1, -0.05) is 441 Å². The first-order valence-electron chi connectivity index (χ1n) is 44.4. The monoisotopic (exact) mass is 1360 g/mol. The molecule has 572 valence electrons. The Morgan fingerprint density at radius 1 is 0.289 bits per heavy atom. The van der Waals surface area contributed by atoms with Gasteiger partial charge in [-0.3, -0.25) is 9.59 Å². The zero-order chi connectivity index (χ0) is 69.8. The molecule has 2 unspecified atom stereocenters. The second-order valence-electron chi connectivity index (χ2n) is 30.6. The van der Waals surface area contributed by atoms with Crippen molar-refractivity contribution in [2.45, 2.75) is 508 Å². The second kappa shape index (κ2) is 86.2. The number of hydrogen-bond donors (Lipinski definition) is 3. The number of carbonyl (C=O) groups excluding carboxylic acids is 2. The van der Waals surface area contributed by atoms with Crippen LogP contribution in [-0.4, -0.2) is 47.4 Å². The molecule has 0 aliphatic carbocycles. The van der Waals surface area contributed by atoms with Crippen molar-refractivity contribution < 1.29 is 24.5 Å². The summed E-state index contributed by atoms with van der Waals surface area (Å²) in [7, 11) is 0. The maximum absolute atomic E-state index is 12.6. The average Bonchev–Trinajstić information content (AvgIpc) is 2.53. The molecule has 0 fully saturated rings. The minimum Gasteiger partial charge on any atom is -0.466 e. The summed E-state index contributed by atoms with van der Waals surface area (Å²) in [4.78, 5) is 24.7. The number of aliphatic hydroxyl groups excluding tert-OH is 2. The Morgan fingerprint density at radius 3 is 0.804 bits per heavy atom. The summed E-state index contributed by atoms with van der Waals surface area (Å²) in [6.07, 6.45) is 115. The fraction of sp³-hybridized carbons (Fsp3) is 0.890. The van der Waals surface area contributed by atoms with E-state index < -0.39 is 12.1 Å². The lowest BCUT2D eigenvalue weighted by molar-refractivity contribution is -0.143. The predicted octanol–water partition coefficient (Wildman–Crippen LogP) is 29.9. The smallest absolute Gasteiger partial charge is 0.305 e. The second-order valence-corrected chi connectivity index (χ2v) is 30.6. The minimum absolute atomic E-state index is 0.0133. The first kappa shape index (κ1) is 94.8. The Morgan fingerprint density at radius 2 is 0.515 bits per heavy atom. The normalized spacial score (nSPS) is 12.7. The van der Waals surface area contributed by atoms with E-state index in [0.29, 0.717) is 25.9 Å². The summed E-state index contributed by atoms with van der Waals surface area (Å²) in [6, 6.07) is -0.541. The standard InChI is InChI=1S/C91H173NO5/c1-3-5-7-9-11-13-15-17-19-21-22-23-24-42-45-48-52-55-59-63-67-71-75-79-83-89(94)88(87-93)92-90(95)84-80-76-72-68-64-60-56-53-49-46-43-40-38-36-34-32-30-28-26-25-27-29-31-33-35-37-39-41-44-47-50-54-58-62-66-70-74-78-82-86-97-91(96)85-81-77-73-69-65-61-57-51-20-18-16-14-12-10-8-6-4-2/h12,14,18,20,25-26,29,31,88-89,93-94H,3-11,13,15-17,19,21-24,27-28,30,32-87H2,1-2H3,(H,92,95)/b14-12-,20-18-,26-25-,31-29-. The van der Waals surface area contributed by atoms with Crippen molar-refractivity contribution in [2.75, 3.05) is 13.2 Å². The molecular formula is C91H173NO5. The number of unbranched alkanes of at least 4 members (excludes halogenated alkanes) is 65. The van der Waals surface area contributed by atoms with Crippen molar-refractivity contribution in [2.24, 2.45) is 0 Å². The summed E-state index contributed by atoms with van der Waals surface area (Å²) >= 11 is 0. The van der Waals surface area contributed by atoms with E-state index in [9.17, 15) is 19.8 Å². The summed E-state index contributed by atoms with van der Waals surface area (Å²) in [5.74, 6) is -0.0128. The number of carbonyl (C=O) groups is 2. The molecular weight excluding hydrogens is 1190 g/mol. The molecule has 0 aromatic rings. The quantitative estimate of drug-likeness (QED) is 0.0320. The summed E-state index contributed by atoms with van der Waals surface area (Å²) in [5.41, 5.74) is 0. The lowest BCUT2D eigenvalue weighted by Crippen LogP contribution is -2.45. The van der Waals surface area contributed by atoms with Crippen LogP contribution in [0.1, 0.15) is 495 Å². The van der Waals surface area contributed by atoms with E-state index in [1.54, 1.807) is 0 Å². The van der Waals surface area contributed by atoms with Gasteiger partial charge < -0.3 is 20.3 Å². The van der Waals surface area contributed by atoms with Gasteiger partial charge in [-0.25, -0.2) is 0 Å². The number of allylic oxidation sites excluding steroid dienone is 8. The number of nitrogens with one attached hydrogen (secondary N) is 1. The van der Waals surface area contributed by atoms with E-state index in [1.807, 2.05) is 0 Å². The van der Waals surface area contributed by atoms with Crippen LogP contribution < -0.4 is 5.32 Å². The maximum atomic E-state index is 12.6. The van der Waals surface area contributed by atoms with E-state index in [0.717, 1.165) is 57.8 Å². The van der Waals surface area contributed by atoms with Crippen LogP contribution in [0.15, 0.2) is 48.6 Å². The van der Waals surface area contributed by atoms with Crippen LogP contribution in [0.2, 0.25) is 0 Å². The van der Waals surface area contributed by atoms with E-state index >= 15 is 0 Å². The van der Waals surface area contributed by atoms with Gasteiger partial charge in [-0.05, 0) is 89.9 Å². The highest BCUT2D eigenvalue weighted by Gasteiger charge is 2.20. The van der Waals surface area contributed by atoms with E-state index in [4.69, 9.17) is 4.74 Å². The highest BCUT2D eigenvalue weighted by atomic mass is 16.5. The minimum atomic E-state index is -0.664. The van der Waals surface area contributed by atoms with Gasteiger partial charge in [-0.2, -0.15) is 0 Å². The molecule has 0 saturated heterocycles. The molecule has 0 saturated carbocycles. The third-order valence-electron chi connectivity index (χ3n) is 20.9. The number of hydrogen-bond acceptors (Lipinski definition) is 5. The molecule has 0 aromatic heterocycles. The Kier molecular flexibility index (Phi) is 84.3. The van der Waals surface area contributed by atoms with Crippen molar-refractivity contribution in [3.63, 3.8) is 0 Å². The molecule has 0 aromatic carbocycles. The van der Waals surface area contributed by atoms with Crippen molar-refractivity contribution in [1.82, 2.24) is 5.32 Å². The number of esters is 1. The largest absolute Gasteiger partial charge is 0.466 e. The highest BCUT2D eigenvalue weighted by molar-refractivity contribution is 5.76. The van der Waals surface area contributed by atoms with Crippen molar-refractivity contribution in [3.8, 4) is 0 Å². The van der Waals surface area contributed by atoms with Crippen LogP contribution >= 0.6 is 0 Å². The zero-order valence-electron chi connectivity index (χ0n) is 65.8. The van der Waals surface area contributed by atoms with Gasteiger partial charge in [0.1, 0.15) is 0 Å². The van der Waals surface area contributed by atoms with Gasteiger partial charge in [0.15, 0.2) is 0 Å². The molecule has 0 heterocycles. The molecule has 6 nitrogen and oxygen atoms in total. The van der Waals surface area contributed by atoms with Gasteiger partial charge >= 0.3 is 5.97 Å². The Labute approximate surface area is 607 Å². The van der Waals surface area contributed by atoms with E-state index in [2.05, 4.69) is 67.8 Å². The third kappa shape index (κ3) is 82.7. The van der Waals surface area contributed by atoms with Crippen LogP contribution in [0.3, 0.4) is 0 Å². The Hall–Kier alpha value is -2.18. The van der Waals surface area contributed by atoms with Gasteiger partial charge in [0.05, 0.1) is 25.4 Å². The van der Waals surface area contributed by atoms with Gasteiger partial charge in [0.25, 0.3) is 0 Å². The molecule has 0 spiro atoms. The predicted molar refractivity (Wildman–Crippen MR) is 430 cm³/mol. The van der Waals surface area contributed by atoms with Crippen LogP contribution in [-0.2, 0) is 14.3 Å². The topological polar surface area (TPSA) is 95.9 Å². The molecule has 0 rings (SSSR count). The van der Waals surface area contributed by atoms with Crippen molar-refractivity contribution in [3.05, 3.63) is 48.6 Å². The lowest BCUT2D eigenvalue weighted by Gasteiger charge is -2.22. The first-order valence-corrected chi connectivity index (χ1v) is 44.4. The number of aliphatic hydroxyl groups is 2. The molecule has 97 heavy (non-hydrogen) atoms. The molecule has 1 amide bonds. The van der Waals surface area contributed by atoms with Gasteiger partial charge in [0, 0.05) is 12.8 Å². The number of ether oxygens (including phenoxy) is 1. The third-order valence-corrected chi connectivity index (χ3v) is 20.9. The van der Waals surface area contributed by atoms with Crippen LogP contribution in [0.25, 0.3) is 0 Å². The highest BCUT2D eigenvalue weighted by Crippen LogP contribution is 2.21. The molecule has 3 N–H and O–H groups in total. The van der Waals surface area contributed by atoms with E-state index in [1.165, 1.54) is 405 Å². The van der Waals surface area contributed by atoms with Crippen LogP contribution in [0.5, 0.6) is 0 Å². The van der Waals surface area contributed by atoms with Crippen LogP contribution in [0.4, 0.5) is 0 Å². The molecule has 6 heteroatoms. The Balaban J connectivity index is 3.36. The SMILES string of the molecule is CCCCC/C=C\C/C=C\CCCCCCCCCC(=O)OCCCCCCCCCCCCCCCCC/C=C\C/C=C\CCCCCCCCCCCCCCCCCCCC(=O)NC(CO)C(O)CCCCCCCCCCCCCCCCCCCCCCCCCC. The summed E-state index contributed by atoms with van der Waals surface area (Å²) in [6.45, 7) is 4.98. The first-order chi connectivity index (χ1) is 48.0. The molecule has 0 bridgehead atoms. The Bertz CT molecular complexity index is 1620. The lowest BCUT2D eigenvalue weighted by atomic mass is 10.0. The average molecular weight is 1360 g/mol. The van der Waals surface area contributed by atoms with Crippen molar-refractivity contribution >= 4 is 11.9 Å². The molecule has 0 radical (unpaired) electrons. The van der Waals surface area contributed by atoms with Gasteiger partial charge in [-0.15, -0.1) is 0 Å².